The number of hydrogen-bond donors (Lipinski definition) is 1. The molecule has 22 heavy (non-hydrogen) atoms. The Labute approximate surface area is 127 Å². The molecule has 0 saturated heterocycles. The zero-order chi connectivity index (χ0) is 15.5. The SMILES string of the molecule is O=C(C=c1[nH]c(=O)c(=Cc2ccc(F)cc2)s1)c1ccco1. The molecule has 3 rings (SSSR count). The van der Waals surface area contributed by atoms with Gasteiger partial charge >= 0.3 is 0 Å². The van der Waals surface area contributed by atoms with Gasteiger partial charge in [-0.05, 0) is 35.9 Å². The zero-order valence-electron chi connectivity index (χ0n) is 11.2. The number of rotatable bonds is 3. The first-order chi connectivity index (χ1) is 10.6. The van der Waals surface area contributed by atoms with Crippen LogP contribution in [0.5, 0.6) is 0 Å². The van der Waals surface area contributed by atoms with Gasteiger partial charge in [0.25, 0.3) is 5.56 Å². The first-order valence-electron chi connectivity index (χ1n) is 6.38. The molecule has 0 aliphatic heterocycles. The third kappa shape index (κ3) is 3.12. The number of Topliss-reactive ketones (excluding diaryl/α,β-unsaturated/α-hetero) is 1. The molecular formula is C16H10FNO3S. The van der Waals surface area contributed by atoms with E-state index in [1.807, 2.05) is 0 Å². The number of H-pyrrole nitrogens is 1. The molecule has 6 heteroatoms. The fourth-order valence-electron chi connectivity index (χ4n) is 1.84. The van der Waals surface area contributed by atoms with Gasteiger partial charge < -0.3 is 9.40 Å². The van der Waals surface area contributed by atoms with E-state index in [1.165, 1.54) is 24.5 Å². The third-order valence-corrected chi connectivity index (χ3v) is 3.84. The van der Waals surface area contributed by atoms with Gasteiger partial charge in [-0.3, -0.25) is 9.59 Å². The lowest BCUT2D eigenvalue weighted by Gasteiger charge is -1.90. The maximum atomic E-state index is 12.9. The minimum Gasteiger partial charge on any atom is -0.461 e. The summed E-state index contributed by atoms with van der Waals surface area (Å²) in [7, 11) is 0. The van der Waals surface area contributed by atoms with E-state index >= 15 is 0 Å². The summed E-state index contributed by atoms with van der Waals surface area (Å²) in [5, 5.41) is 0. The van der Waals surface area contributed by atoms with Crippen LogP contribution in [0.25, 0.3) is 12.2 Å². The Morgan fingerprint density at radius 2 is 2.00 bits per heavy atom. The molecule has 0 spiro atoms. The van der Waals surface area contributed by atoms with Crippen LogP contribution in [0.2, 0.25) is 0 Å². The summed E-state index contributed by atoms with van der Waals surface area (Å²) < 4.78 is 18.7. The number of hydrogen-bond acceptors (Lipinski definition) is 4. The van der Waals surface area contributed by atoms with E-state index in [9.17, 15) is 14.0 Å². The monoisotopic (exact) mass is 315 g/mol. The van der Waals surface area contributed by atoms with Crippen LogP contribution < -0.4 is 14.8 Å². The van der Waals surface area contributed by atoms with Crippen LogP contribution in [0.3, 0.4) is 0 Å². The van der Waals surface area contributed by atoms with Crippen molar-refractivity contribution < 1.29 is 13.6 Å². The van der Waals surface area contributed by atoms with Crippen molar-refractivity contribution in [1.29, 1.82) is 0 Å². The number of ketones is 1. The summed E-state index contributed by atoms with van der Waals surface area (Å²) in [4.78, 5) is 26.4. The molecule has 0 aliphatic rings. The normalized spacial score (nSPS) is 12.8. The predicted molar refractivity (Wildman–Crippen MR) is 81.7 cm³/mol. The summed E-state index contributed by atoms with van der Waals surface area (Å²) in [5.41, 5.74) is 0.408. The lowest BCUT2D eigenvalue weighted by atomic mass is 10.2. The van der Waals surface area contributed by atoms with Crippen molar-refractivity contribution in [2.24, 2.45) is 0 Å². The molecule has 110 valence electrons. The van der Waals surface area contributed by atoms with Crippen molar-refractivity contribution in [2.75, 3.05) is 0 Å². The van der Waals surface area contributed by atoms with E-state index in [0.29, 0.717) is 14.8 Å². The second kappa shape index (κ2) is 5.95. The highest BCUT2D eigenvalue weighted by Crippen LogP contribution is 2.03. The Morgan fingerprint density at radius 3 is 2.68 bits per heavy atom. The van der Waals surface area contributed by atoms with E-state index in [-0.39, 0.29) is 22.9 Å². The second-order valence-corrected chi connectivity index (χ2v) is 5.55. The van der Waals surface area contributed by atoms with Crippen molar-refractivity contribution in [3.63, 3.8) is 0 Å². The second-order valence-electron chi connectivity index (χ2n) is 4.47. The standard InChI is InChI=1S/C16H10FNO3S/c17-11-5-3-10(4-6-11)8-14-16(20)18-15(22-14)9-12(19)13-2-1-7-21-13/h1-9H,(H,18,20). The maximum absolute atomic E-state index is 12.9. The topological polar surface area (TPSA) is 63.1 Å². The number of thiazole rings is 1. The molecule has 4 nitrogen and oxygen atoms in total. The molecule has 2 aromatic heterocycles. The number of benzene rings is 1. The molecule has 1 aromatic carbocycles. The van der Waals surface area contributed by atoms with Crippen molar-refractivity contribution in [1.82, 2.24) is 4.98 Å². The number of halogens is 1. The van der Waals surface area contributed by atoms with Gasteiger partial charge in [-0.15, -0.1) is 11.3 Å². The number of carbonyl (C=O) groups excluding carboxylic acids is 1. The van der Waals surface area contributed by atoms with Crippen LogP contribution in [-0.4, -0.2) is 10.8 Å². The highest BCUT2D eigenvalue weighted by Gasteiger charge is 2.05. The minimum atomic E-state index is -0.338. The number of aromatic nitrogens is 1. The van der Waals surface area contributed by atoms with Gasteiger partial charge in [-0.25, -0.2) is 4.39 Å². The Hall–Kier alpha value is -2.73. The Balaban J connectivity index is 1.99. The van der Waals surface area contributed by atoms with Crippen molar-refractivity contribution in [3.05, 3.63) is 79.4 Å². The highest BCUT2D eigenvalue weighted by atomic mass is 32.1. The molecular weight excluding hydrogens is 305 g/mol. The molecule has 0 radical (unpaired) electrons. The molecule has 0 saturated carbocycles. The smallest absolute Gasteiger partial charge is 0.266 e. The molecule has 0 bridgehead atoms. The number of aromatic amines is 1. The Kier molecular flexibility index (Phi) is 3.84. The van der Waals surface area contributed by atoms with Gasteiger partial charge in [0.1, 0.15) is 5.82 Å². The summed E-state index contributed by atoms with van der Waals surface area (Å²) in [6.45, 7) is 0. The van der Waals surface area contributed by atoms with Gasteiger partial charge in [-0.1, -0.05) is 12.1 Å². The summed E-state index contributed by atoms with van der Waals surface area (Å²) >= 11 is 1.15. The van der Waals surface area contributed by atoms with Crippen molar-refractivity contribution in [2.45, 2.75) is 0 Å². The van der Waals surface area contributed by atoms with Crippen LogP contribution in [0.4, 0.5) is 4.39 Å². The van der Waals surface area contributed by atoms with Crippen LogP contribution in [0.15, 0.2) is 51.9 Å². The van der Waals surface area contributed by atoms with E-state index in [2.05, 4.69) is 4.98 Å². The molecule has 0 aliphatic carbocycles. The number of carbonyl (C=O) groups is 1. The van der Waals surface area contributed by atoms with Crippen LogP contribution >= 0.6 is 11.3 Å². The summed E-state index contributed by atoms with van der Waals surface area (Å²) in [6.07, 6.45) is 4.36. The highest BCUT2D eigenvalue weighted by molar-refractivity contribution is 7.07. The van der Waals surface area contributed by atoms with Crippen LogP contribution in [0.1, 0.15) is 16.1 Å². The molecule has 2 heterocycles. The van der Waals surface area contributed by atoms with Crippen LogP contribution in [-0.2, 0) is 0 Å². The molecule has 0 fully saturated rings. The van der Waals surface area contributed by atoms with Crippen molar-refractivity contribution in [3.8, 4) is 0 Å². The first kappa shape index (κ1) is 14.2. The van der Waals surface area contributed by atoms with Crippen molar-refractivity contribution >= 4 is 29.3 Å². The van der Waals surface area contributed by atoms with Gasteiger partial charge in [0.15, 0.2) is 5.76 Å². The van der Waals surface area contributed by atoms with E-state index in [1.54, 1.807) is 30.3 Å². The number of nitrogens with one attached hydrogen (secondary N) is 1. The molecule has 1 N–H and O–H groups in total. The fraction of sp³-hybridized carbons (Fsp3) is 0. The number of furan rings is 1. The molecule has 0 atom stereocenters. The molecule has 3 aromatic rings. The Morgan fingerprint density at radius 1 is 1.23 bits per heavy atom. The van der Waals surface area contributed by atoms with E-state index in [4.69, 9.17) is 4.42 Å². The Bertz CT molecular complexity index is 966. The summed E-state index contributed by atoms with van der Waals surface area (Å²) in [6, 6.07) is 8.96. The van der Waals surface area contributed by atoms with Crippen LogP contribution in [0, 0.1) is 5.82 Å². The van der Waals surface area contributed by atoms with E-state index in [0.717, 1.165) is 11.3 Å². The minimum absolute atomic E-state index is 0.207. The first-order valence-corrected chi connectivity index (χ1v) is 7.19. The molecule has 0 unspecified atom stereocenters. The van der Waals surface area contributed by atoms with E-state index < -0.39 is 0 Å². The third-order valence-electron chi connectivity index (χ3n) is 2.87. The zero-order valence-corrected chi connectivity index (χ0v) is 12.0. The summed E-state index contributed by atoms with van der Waals surface area (Å²) in [5.74, 6) is -0.454. The average molecular weight is 315 g/mol. The predicted octanol–water partition coefficient (Wildman–Crippen LogP) is 1.66. The van der Waals surface area contributed by atoms with Gasteiger partial charge in [-0.2, -0.15) is 0 Å². The fourth-order valence-corrected chi connectivity index (χ4v) is 2.73. The molecule has 0 amide bonds. The average Bonchev–Trinajstić information content (AvgIpc) is 3.12. The quantitative estimate of drug-likeness (QED) is 0.748. The largest absolute Gasteiger partial charge is 0.461 e. The van der Waals surface area contributed by atoms with Gasteiger partial charge in [0, 0.05) is 6.08 Å². The van der Waals surface area contributed by atoms with Gasteiger partial charge in [0.05, 0.1) is 15.5 Å². The van der Waals surface area contributed by atoms with Gasteiger partial charge in [0.2, 0.25) is 5.78 Å². The lowest BCUT2D eigenvalue weighted by Crippen LogP contribution is -2.19. The lowest BCUT2D eigenvalue weighted by molar-refractivity contribution is 0.103. The maximum Gasteiger partial charge on any atom is 0.266 e.